The van der Waals surface area contributed by atoms with E-state index in [9.17, 15) is 18.0 Å². The molecule has 1 N–H and O–H groups in total. The minimum absolute atomic E-state index is 0.0367. The first kappa shape index (κ1) is 21.7. The van der Waals surface area contributed by atoms with E-state index >= 15 is 0 Å². The van der Waals surface area contributed by atoms with Gasteiger partial charge in [0, 0.05) is 6.04 Å². The molecule has 3 unspecified atom stereocenters. The number of nitrogens with zero attached hydrogens (tertiary/aromatic N) is 1. The van der Waals surface area contributed by atoms with Crippen molar-refractivity contribution in [2.75, 3.05) is 13.6 Å². The summed E-state index contributed by atoms with van der Waals surface area (Å²) in [5.74, 6) is -0.113. The average molecular weight is 425 g/mol. The van der Waals surface area contributed by atoms with E-state index in [1.807, 2.05) is 37.4 Å². The maximum absolute atomic E-state index is 13.2. The number of hydrogen-bond donors (Lipinski definition) is 1. The molecule has 1 fully saturated rings. The quantitative estimate of drug-likeness (QED) is 0.696. The Morgan fingerprint density at radius 3 is 2.52 bits per heavy atom. The van der Waals surface area contributed by atoms with Crippen molar-refractivity contribution in [2.45, 2.75) is 38.0 Å². The van der Waals surface area contributed by atoms with Crippen molar-refractivity contribution >= 4 is 17.5 Å². The molecule has 1 aliphatic heterocycles. The van der Waals surface area contributed by atoms with Gasteiger partial charge in [-0.05, 0) is 50.0 Å². The first-order chi connectivity index (χ1) is 13.7. The number of rotatable bonds is 4. The second kappa shape index (κ2) is 8.76. The molecule has 3 rings (SSSR count). The van der Waals surface area contributed by atoms with Gasteiger partial charge in [-0.25, -0.2) is 0 Å². The van der Waals surface area contributed by atoms with E-state index in [0.29, 0.717) is 5.92 Å². The van der Waals surface area contributed by atoms with Gasteiger partial charge in [-0.15, -0.1) is 0 Å². The molecule has 0 aromatic heterocycles. The van der Waals surface area contributed by atoms with Gasteiger partial charge in [-0.2, -0.15) is 13.2 Å². The number of carbonyl (C=O) groups excluding carboxylic acids is 1. The third-order valence-electron chi connectivity index (χ3n) is 5.56. The van der Waals surface area contributed by atoms with Crippen LogP contribution < -0.4 is 5.32 Å². The largest absolute Gasteiger partial charge is 0.417 e. The van der Waals surface area contributed by atoms with Crippen molar-refractivity contribution in [1.29, 1.82) is 0 Å². The summed E-state index contributed by atoms with van der Waals surface area (Å²) in [7, 11) is 2.01. The lowest BCUT2D eigenvalue weighted by Gasteiger charge is -2.41. The molecule has 7 heteroatoms. The third kappa shape index (κ3) is 4.93. The number of carbonyl (C=O) groups is 1. The summed E-state index contributed by atoms with van der Waals surface area (Å²) in [4.78, 5) is 15.2. The molecule has 0 bridgehead atoms. The Labute approximate surface area is 173 Å². The standard InChI is InChI=1S/C22H24ClF3N2O/c1-14-11-12-28(2)18(13-14)20(15-7-4-3-5-8-15)27-21(29)16-9-6-10-17(19(16)23)22(24,25)26/h3-10,14,18,20H,11-13H2,1-2H3,(H,27,29). The average Bonchev–Trinajstić information content (AvgIpc) is 2.68. The number of hydrogen-bond acceptors (Lipinski definition) is 2. The zero-order valence-electron chi connectivity index (χ0n) is 16.3. The Hall–Kier alpha value is -2.05. The normalized spacial score (nSPS) is 21.6. The zero-order chi connectivity index (χ0) is 21.2. The second-order valence-corrected chi connectivity index (χ2v) is 8.08. The molecule has 2 aromatic carbocycles. The molecule has 156 valence electrons. The minimum Gasteiger partial charge on any atom is -0.344 e. The summed E-state index contributed by atoms with van der Waals surface area (Å²) in [6.45, 7) is 3.07. The first-order valence-corrected chi connectivity index (χ1v) is 9.98. The molecule has 3 nitrogen and oxygen atoms in total. The van der Waals surface area contributed by atoms with Gasteiger partial charge >= 0.3 is 6.18 Å². The van der Waals surface area contributed by atoms with Gasteiger partial charge in [0.15, 0.2) is 0 Å². The summed E-state index contributed by atoms with van der Waals surface area (Å²) in [6.07, 6.45) is -2.67. The highest BCUT2D eigenvalue weighted by Gasteiger charge is 2.36. The highest BCUT2D eigenvalue weighted by molar-refractivity contribution is 6.34. The number of nitrogens with one attached hydrogen (secondary N) is 1. The Bertz CT molecular complexity index is 857. The molecular weight excluding hydrogens is 401 g/mol. The molecule has 0 saturated carbocycles. The summed E-state index contributed by atoms with van der Waals surface area (Å²) < 4.78 is 39.5. The monoisotopic (exact) mass is 424 g/mol. The Kier molecular flexibility index (Phi) is 6.54. The maximum Gasteiger partial charge on any atom is 0.417 e. The van der Waals surface area contributed by atoms with Crippen molar-refractivity contribution in [3.63, 3.8) is 0 Å². The SMILES string of the molecule is CC1CCN(C)C(C(NC(=O)c2cccc(C(F)(F)F)c2Cl)c2ccccc2)C1. The number of amides is 1. The molecule has 2 aromatic rings. The Balaban J connectivity index is 1.94. The fraction of sp³-hybridized carbons (Fsp3) is 0.409. The number of likely N-dealkylation sites (tertiary alicyclic amines) is 1. The highest BCUT2D eigenvalue weighted by Crippen LogP contribution is 2.37. The molecule has 0 aliphatic carbocycles. The van der Waals surface area contributed by atoms with Crippen LogP contribution in [-0.4, -0.2) is 30.4 Å². The van der Waals surface area contributed by atoms with Crippen LogP contribution >= 0.6 is 11.6 Å². The van der Waals surface area contributed by atoms with Crippen LogP contribution in [0.5, 0.6) is 0 Å². The van der Waals surface area contributed by atoms with Crippen LogP contribution in [-0.2, 0) is 6.18 Å². The lowest BCUT2D eigenvalue weighted by atomic mass is 9.85. The predicted octanol–water partition coefficient (Wildman–Crippen LogP) is 5.56. The third-order valence-corrected chi connectivity index (χ3v) is 5.97. The molecule has 0 radical (unpaired) electrons. The predicted molar refractivity (Wildman–Crippen MR) is 108 cm³/mol. The van der Waals surface area contributed by atoms with Gasteiger partial charge < -0.3 is 10.2 Å². The summed E-state index contributed by atoms with van der Waals surface area (Å²) in [6, 6.07) is 12.6. The maximum atomic E-state index is 13.2. The number of benzene rings is 2. The van der Waals surface area contributed by atoms with Gasteiger partial charge in [0.25, 0.3) is 5.91 Å². The lowest BCUT2D eigenvalue weighted by molar-refractivity contribution is -0.137. The summed E-state index contributed by atoms with van der Waals surface area (Å²) in [5.41, 5.74) is -0.268. The van der Waals surface area contributed by atoms with Crippen LogP contribution in [0.2, 0.25) is 5.02 Å². The zero-order valence-corrected chi connectivity index (χ0v) is 17.1. The van der Waals surface area contributed by atoms with Crippen LogP contribution in [0.4, 0.5) is 13.2 Å². The van der Waals surface area contributed by atoms with E-state index in [-0.39, 0.29) is 17.6 Å². The van der Waals surface area contributed by atoms with Crippen molar-refractivity contribution in [2.24, 2.45) is 5.92 Å². The minimum atomic E-state index is -4.62. The molecule has 3 atom stereocenters. The summed E-state index contributed by atoms with van der Waals surface area (Å²) in [5, 5.41) is 2.38. The van der Waals surface area contributed by atoms with Crippen LogP contribution in [0, 0.1) is 5.92 Å². The van der Waals surface area contributed by atoms with E-state index in [4.69, 9.17) is 11.6 Å². The van der Waals surface area contributed by atoms with Crippen LogP contribution in [0.3, 0.4) is 0 Å². The van der Waals surface area contributed by atoms with E-state index < -0.39 is 22.7 Å². The highest BCUT2D eigenvalue weighted by atomic mass is 35.5. The molecule has 1 amide bonds. The van der Waals surface area contributed by atoms with Crippen LogP contribution in [0.15, 0.2) is 48.5 Å². The first-order valence-electron chi connectivity index (χ1n) is 9.60. The molecule has 1 saturated heterocycles. The molecular formula is C22H24ClF3N2O. The lowest BCUT2D eigenvalue weighted by Crippen LogP contribution is -2.48. The second-order valence-electron chi connectivity index (χ2n) is 7.70. The van der Waals surface area contributed by atoms with Gasteiger partial charge in [-0.1, -0.05) is 54.9 Å². The van der Waals surface area contributed by atoms with Crippen LogP contribution in [0.1, 0.15) is 47.3 Å². The Morgan fingerprint density at radius 2 is 1.86 bits per heavy atom. The van der Waals surface area contributed by atoms with Crippen molar-refractivity contribution in [3.05, 3.63) is 70.2 Å². The van der Waals surface area contributed by atoms with E-state index in [1.54, 1.807) is 0 Å². The smallest absolute Gasteiger partial charge is 0.344 e. The van der Waals surface area contributed by atoms with Gasteiger partial charge in [0.05, 0.1) is 22.2 Å². The number of halogens is 4. The number of likely N-dealkylation sites (N-methyl/N-ethyl adjacent to an activating group) is 1. The van der Waals surface area contributed by atoms with Gasteiger partial charge in [-0.3, -0.25) is 4.79 Å². The van der Waals surface area contributed by atoms with E-state index in [2.05, 4.69) is 17.1 Å². The Morgan fingerprint density at radius 1 is 1.17 bits per heavy atom. The van der Waals surface area contributed by atoms with Gasteiger partial charge in [0.1, 0.15) is 0 Å². The molecule has 0 spiro atoms. The van der Waals surface area contributed by atoms with E-state index in [0.717, 1.165) is 31.0 Å². The topological polar surface area (TPSA) is 32.3 Å². The van der Waals surface area contributed by atoms with Crippen molar-refractivity contribution in [3.8, 4) is 0 Å². The molecule has 1 aliphatic rings. The summed E-state index contributed by atoms with van der Waals surface area (Å²) >= 11 is 5.96. The van der Waals surface area contributed by atoms with Crippen molar-refractivity contribution in [1.82, 2.24) is 10.2 Å². The number of alkyl halides is 3. The number of piperidine rings is 1. The van der Waals surface area contributed by atoms with Gasteiger partial charge in [0.2, 0.25) is 0 Å². The fourth-order valence-corrected chi connectivity index (χ4v) is 4.22. The van der Waals surface area contributed by atoms with Crippen molar-refractivity contribution < 1.29 is 18.0 Å². The molecule has 1 heterocycles. The molecule has 29 heavy (non-hydrogen) atoms. The fourth-order valence-electron chi connectivity index (χ4n) is 3.90. The van der Waals surface area contributed by atoms with Crippen LogP contribution in [0.25, 0.3) is 0 Å². The van der Waals surface area contributed by atoms with E-state index in [1.165, 1.54) is 12.1 Å².